The van der Waals surface area contributed by atoms with E-state index in [2.05, 4.69) is 9.97 Å². The van der Waals surface area contributed by atoms with Crippen LogP contribution in [0.25, 0.3) is 0 Å². The maximum Gasteiger partial charge on any atom is 0.235 e. The Kier molecular flexibility index (Phi) is 8.81. The predicted molar refractivity (Wildman–Crippen MR) is 152 cm³/mol. The summed E-state index contributed by atoms with van der Waals surface area (Å²) in [6.07, 6.45) is 4.37. The van der Waals surface area contributed by atoms with E-state index in [0.717, 1.165) is 21.4 Å². The molecule has 0 saturated heterocycles. The molecule has 216 valence electrons. The van der Waals surface area contributed by atoms with Crippen molar-refractivity contribution in [2.24, 2.45) is 0 Å². The third-order valence-corrected chi connectivity index (χ3v) is 9.97. The second-order valence-electron chi connectivity index (χ2n) is 10.4. The monoisotopic (exact) mass is 588 g/mol. The zero-order valence-corrected chi connectivity index (χ0v) is 25.4. The van der Waals surface area contributed by atoms with Gasteiger partial charge in [-0.3, -0.25) is 14.6 Å². The van der Waals surface area contributed by atoms with Crippen molar-refractivity contribution in [1.82, 2.24) is 19.2 Å². The Morgan fingerprint density at radius 2 is 1.90 bits per heavy atom. The molecule has 1 aliphatic carbocycles. The summed E-state index contributed by atoms with van der Waals surface area (Å²) in [6, 6.07) is 5.67. The van der Waals surface area contributed by atoms with Crippen LogP contribution < -0.4 is 4.74 Å². The van der Waals surface area contributed by atoms with Crippen molar-refractivity contribution in [2.75, 3.05) is 33.5 Å². The minimum atomic E-state index is -3.72. The van der Waals surface area contributed by atoms with E-state index in [-0.39, 0.29) is 18.1 Å². The van der Waals surface area contributed by atoms with Crippen LogP contribution in [-0.4, -0.2) is 72.8 Å². The van der Waals surface area contributed by atoms with E-state index in [9.17, 15) is 18.0 Å². The molecule has 0 bridgehead atoms. The first-order valence-electron chi connectivity index (χ1n) is 13.1. The molecular formula is C28H36N4O6S2. The molecular weight excluding hydrogens is 552 g/mol. The first kappa shape index (κ1) is 29.9. The van der Waals surface area contributed by atoms with Crippen molar-refractivity contribution in [3.8, 4) is 5.75 Å². The summed E-state index contributed by atoms with van der Waals surface area (Å²) in [6.45, 7) is 6.36. The van der Waals surface area contributed by atoms with E-state index in [0.29, 0.717) is 53.6 Å². The summed E-state index contributed by atoms with van der Waals surface area (Å²) >= 11 is 1.30. The van der Waals surface area contributed by atoms with E-state index < -0.39 is 27.0 Å². The summed E-state index contributed by atoms with van der Waals surface area (Å²) in [5.41, 5.74) is 1.24. The third-order valence-electron chi connectivity index (χ3n) is 7.28. The van der Waals surface area contributed by atoms with Crippen LogP contribution in [0.4, 0.5) is 0 Å². The van der Waals surface area contributed by atoms with Gasteiger partial charge in [0.15, 0.2) is 5.78 Å². The van der Waals surface area contributed by atoms with E-state index in [4.69, 9.17) is 9.15 Å². The molecule has 3 heterocycles. The maximum atomic E-state index is 14.0. The first-order chi connectivity index (χ1) is 18.9. The molecule has 12 heteroatoms. The van der Waals surface area contributed by atoms with Gasteiger partial charge in [-0.05, 0) is 63.8 Å². The standard InChI is InChI=1S/C28H36N4O6S2/c1-18-14-21(38-19(18)2)8-7-13-32(27(34)28(11-12-28)24-10-9-22(37-6)15-29-24)16-25-30-26(20(3)39-25)23(33)17-40(35,36)31(4)5/h9-10,14-15H,7-8,11-13,16-17H2,1-6H3. The van der Waals surface area contributed by atoms with Crippen molar-refractivity contribution in [1.29, 1.82) is 0 Å². The number of methoxy groups -OCH3 is 1. The number of rotatable bonds is 13. The van der Waals surface area contributed by atoms with Crippen LogP contribution in [0, 0.1) is 20.8 Å². The number of ketones is 1. The number of furan rings is 1. The summed E-state index contributed by atoms with van der Waals surface area (Å²) in [5, 5.41) is 0.583. The first-order valence-corrected chi connectivity index (χ1v) is 15.5. The summed E-state index contributed by atoms with van der Waals surface area (Å²) < 4.78 is 36.6. The number of ether oxygens (including phenoxy) is 1. The molecule has 0 atom stereocenters. The number of aryl methyl sites for hydroxylation is 4. The number of carbonyl (C=O) groups is 2. The van der Waals surface area contributed by atoms with E-state index in [1.54, 1.807) is 25.1 Å². The number of Topliss-reactive ketones (excluding diaryl/α,β-unsaturated/α-hetero) is 1. The fraction of sp³-hybridized carbons (Fsp3) is 0.500. The molecule has 1 amide bonds. The number of pyridine rings is 1. The van der Waals surface area contributed by atoms with Gasteiger partial charge in [-0.15, -0.1) is 11.3 Å². The number of sulfonamides is 1. The van der Waals surface area contributed by atoms with Gasteiger partial charge >= 0.3 is 0 Å². The number of thiazole rings is 1. The second-order valence-corrected chi connectivity index (χ2v) is 13.9. The molecule has 0 unspecified atom stereocenters. The number of carbonyl (C=O) groups excluding carboxylic acids is 2. The minimum absolute atomic E-state index is 0.0344. The summed E-state index contributed by atoms with van der Waals surface area (Å²) in [7, 11) is 0.638. The van der Waals surface area contributed by atoms with Gasteiger partial charge in [-0.25, -0.2) is 17.7 Å². The van der Waals surface area contributed by atoms with Gasteiger partial charge in [0.2, 0.25) is 15.9 Å². The number of aromatic nitrogens is 2. The van der Waals surface area contributed by atoms with Crippen molar-refractivity contribution in [2.45, 2.75) is 58.4 Å². The van der Waals surface area contributed by atoms with Crippen molar-refractivity contribution < 1.29 is 27.2 Å². The smallest absolute Gasteiger partial charge is 0.235 e. The van der Waals surface area contributed by atoms with Gasteiger partial charge in [-0.2, -0.15) is 0 Å². The summed E-state index contributed by atoms with van der Waals surface area (Å²) in [5.74, 6) is 1.14. The number of hydrogen-bond donors (Lipinski definition) is 0. The lowest BCUT2D eigenvalue weighted by molar-refractivity contribution is -0.134. The fourth-order valence-corrected chi connectivity index (χ4v) is 6.26. The third kappa shape index (κ3) is 6.45. The van der Waals surface area contributed by atoms with E-state index >= 15 is 0 Å². The predicted octanol–water partition coefficient (Wildman–Crippen LogP) is 3.83. The largest absolute Gasteiger partial charge is 0.495 e. The van der Waals surface area contributed by atoms with Crippen LogP contribution in [0.3, 0.4) is 0 Å². The normalized spacial score (nSPS) is 14.4. The summed E-state index contributed by atoms with van der Waals surface area (Å²) in [4.78, 5) is 38.3. The Balaban J connectivity index is 1.56. The SMILES string of the molecule is COc1ccc(C2(C(=O)N(CCCc3cc(C)c(C)o3)Cc3nc(C(=O)CS(=O)(=O)N(C)C)c(C)s3)CC2)nc1. The topological polar surface area (TPSA) is 123 Å². The van der Waals surface area contributed by atoms with Gasteiger partial charge in [0.1, 0.15) is 33.7 Å². The number of nitrogens with zero attached hydrogens (tertiary/aromatic N) is 4. The Labute approximate surface area is 239 Å². The Morgan fingerprint density at radius 3 is 2.45 bits per heavy atom. The number of amides is 1. The molecule has 1 aliphatic rings. The van der Waals surface area contributed by atoms with Gasteiger partial charge in [0.25, 0.3) is 0 Å². The molecule has 3 aromatic heterocycles. The average molecular weight is 589 g/mol. The molecule has 10 nitrogen and oxygen atoms in total. The highest BCUT2D eigenvalue weighted by atomic mass is 32.2. The maximum absolute atomic E-state index is 14.0. The van der Waals surface area contributed by atoms with E-state index in [1.165, 1.54) is 25.4 Å². The average Bonchev–Trinajstić information content (AvgIpc) is 3.54. The zero-order valence-electron chi connectivity index (χ0n) is 23.8. The van der Waals surface area contributed by atoms with Crippen LogP contribution in [0.1, 0.15) is 62.4 Å². The molecule has 1 fully saturated rings. The van der Waals surface area contributed by atoms with Gasteiger partial charge in [-0.1, -0.05) is 0 Å². The quantitative estimate of drug-likeness (QED) is 0.276. The Hall–Kier alpha value is -3.09. The minimum Gasteiger partial charge on any atom is -0.495 e. The van der Waals surface area contributed by atoms with E-state index in [1.807, 2.05) is 32.0 Å². The molecule has 0 spiro atoms. The molecule has 40 heavy (non-hydrogen) atoms. The Bertz CT molecular complexity index is 1470. The molecule has 4 rings (SSSR count). The molecule has 0 radical (unpaired) electrons. The second kappa shape index (κ2) is 11.8. The van der Waals surface area contributed by atoms with Crippen molar-refractivity contribution in [3.63, 3.8) is 0 Å². The highest BCUT2D eigenvalue weighted by molar-refractivity contribution is 7.89. The van der Waals surface area contributed by atoms with Crippen LogP contribution in [-0.2, 0) is 33.2 Å². The van der Waals surface area contributed by atoms with Gasteiger partial charge < -0.3 is 14.1 Å². The number of hydrogen-bond acceptors (Lipinski definition) is 9. The fourth-order valence-electron chi connectivity index (χ4n) is 4.56. The lowest BCUT2D eigenvalue weighted by Gasteiger charge is -2.26. The molecule has 0 N–H and O–H groups in total. The van der Waals surface area contributed by atoms with Crippen molar-refractivity contribution >= 4 is 33.1 Å². The van der Waals surface area contributed by atoms with Gasteiger partial charge in [0.05, 0.1) is 31.0 Å². The molecule has 0 aromatic carbocycles. The molecule has 1 saturated carbocycles. The van der Waals surface area contributed by atoms with Gasteiger partial charge in [0, 0.05) is 31.9 Å². The highest BCUT2D eigenvalue weighted by Crippen LogP contribution is 2.49. The molecule has 3 aromatic rings. The van der Waals surface area contributed by atoms with Crippen LogP contribution >= 0.6 is 11.3 Å². The van der Waals surface area contributed by atoms with Crippen LogP contribution in [0.2, 0.25) is 0 Å². The van der Waals surface area contributed by atoms with Crippen LogP contribution in [0.15, 0.2) is 28.8 Å². The molecule has 0 aliphatic heterocycles. The highest BCUT2D eigenvalue weighted by Gasteiger charge is 2.54. The van der Waals surface area contributed by atoms with Crippen LogP contribution in [0.5, 0.6) is 5.75 Å². The van der Waals surface area contributed by atoms with Crippen molar-refractivity contribution in [3.05, 3.63) is 62.8 Å². The zero-order chi connectivity index (χ0) is 29.2. The lowest BCUT2D eigenvalue weighted by atomic mass is 9.99. The lowest BCUT2D eigenvalue weighted by Crippen LogP contribution is -2.40. The Morgan fingerprint density at radius 1 is 1.18 bits per heavy atom.